The molecule has 5 nitrogen and oxygen atoms in total. The third kappa shape index (κ3) is 3.59. The molecule has 1 amide bonds. The van der Waals surface area contributed by atoms with Gasteiger partial charge in [0.1, 0.15) is 0 Å². The lowest BCUT2D eigenvalue weighted by Crippen LogP contribution is -2.37. The van der Waals surface area contributed by atoms with Gasteiger partial charge in [-0.3, -0.25) is 9.59 Å². The minimum absolute atomic E-state index is 0.00952. The number of rotatable bonds is 6. The smallest absolute Gasteiger partial charge is 0.252 e. The van der Waals surface area contributed by atoms with Gasteiger partial charge in [-0.2, -0.15) is 0 Å². The number of ketones is 1. The molecule has 5 rings (SSSR count). The number of carbonyl (C=O) groups excluding carboxylic acids is 2. The van der Waals surface area contributed by atoms with Crippen molar-refractivity contribution < 1.29 is 14.7 Å². The highest BCUT2D eigenvalue weighted by atomic mass is 16.3. The number of carbonyl (C=O) groups is 2. The summed E-state index contributed by atoms with van der Waals surface area (Å²) in [7, 11) is 0. The zero-order valence-corrected chi connectivity index (χ0v) is 17.9. The number of aryl methyl sites for hydroxylation is 1. The number of aliphatic hydroxyl groups is 1. The SMILES string of the molecule is O=C1CNC(=O)C(c2c3n(c4ccccc24)C[C@@H](CO)C=C3)=C1CCCc1ccccc1. The van der Waals surface area contributed by atoms with Crippen molar-refractivity contribution in [2.24, 2.45) is 5.92 Å². The van der Waals surface area contributed by atoms with Gasteiger partial charge in [0.25, 0.3) is 5.91 Å². The largest absolute Gasteiger partial charge is 0.396 e. The van der Waals surface area contributed by atoms with Crippen LogP contribution >= 0.6 is 0 Å². The van der Waals surface area contributed by atoms with Crippen LogP contribution in [0.1, 0.15) is 29.7 Å². The maximum Gasteiger partial charge on any atom is 0.252 e. The molecule has 0 bridgehead atoms. The van der Waals surface area contributed by atoms with Crippen molar-refractivity contribution in [1.82, 2.24) is 9.88 Å². The minimum atomic E-state index is -0.184. The summed E-state index contributed by atoms with van der Waals surface area (Å²) in [5.74, 6) is -0.159. The lowest BCUT2D eigenvalue weighted by Gasteiger charge is -2.22. The van der Waals surface area contributed by atoms with Crippen molar-refractivity contribution >= 4 is 34.2 Å². The molecular formula is C27H26N2O3. The number of nitrogens with zero attached hydrogens (tertiary/aromatic N) is 1. The fourth-order valence-corrected chi connectivity index (χ4v) is 4.87. The fourth-order valence-electron chi connectivity index (χ4n) is 4.87. The Labute approximate surface area is 187 Å². The molecule has 0 spiro atoms. The van der Waals surface area contributed by atoms with E-state index in [2.05, 4.69) is 22.0 Å². The molecule has 162 valence electrons. The number of fused-ring (bicyclic) bond motifs is 3. The summed E-state index contributed by atoms with van der Waals surface area (Å²) < 4.78 is 2.16. The number of Topliss-reactive ketones (excluding diaryl/α,β-unsaturated/α-hetero) is 1. The van der Waals surface area contributed by atoms with Crippen LogP contribution in [0.5, 0.6) is 0 Å². The Kier molecular flexibility index (Phi) is 5.50. The Hall–Kier alpha value is -3.44. The molecule has 0 aliphatic carbocycles. The molecule has 1 aromatic heterocycles. The third-order valence-electron chi connectivity index (χ3n) is 6.45. The molecule has 32 heavy (non-hydrogen) atoms. The van der Waals surface area contributed by atoms with Crippen molar-refractivity contribution in [2.45, 2.75) is 25.8 Å². The molecule has 1 atom stereocenters. The Bertz CT molecular complexity index is 1250. The summed E-state index contributed by atoms with van der Waals surface area (Å²) in [4.78, 5) is 26.1. The van der Waals surface area contributed by atoms with Crippen LogP contribution in [-0.2, 0) is 22.6 Å². The van der Waals surface area contributed by atoms with Crippen LogP contribution in [0.2, 0.25) is 0 Å². The van der Waals surface area contributed by atoms with Crippen LogP contribution in [0.15, 0.2) is 66.2 Å². The standard InChI is InChI=1S/C27H26N2O3/c30-17-19-13-14-23-25(20-10-4-5-12-22(20)29(23)16-19)26-21(24(31)15-28-27(26)32)11-6-9-18-7-2-1-3-8-18/h1-5,7-8,10,12-14,19,30H,6,9,11,15-17H2,(H,28,32)/t19-/m0/s1. The van der Waals surface area contributed by atoms with E-state index in [9.17, 15) is 14.7 Å². The van der Waals surface area contributed by atoms with Gasteiger partial charge in [0.05, 0.1) is 18.7 Å². The van der Waals surface area contributed by atoms with Crippen molar-refractivity contribution in [3.05, 3.63) is 83.1 Å². The molecule has 5 heteroatoms. The van der Waals surface area contributed by atoms with Gasteiger partial charge in [-0.1, -0.05) is 54.6 Å². The Balaban J connectivity index is 1.61. The zero-order chi connectivity index (χ0) is 22.1. The molecule has 3 heterocycles. The molecular weight excluding hydrogens is 400 g/mol. The molecule has 0 radical (unpaired) electrons. The van der Waals surface area contributed by atoms with Crippen molar-refractivity contribution in [3.63, 3.8) is 0 Å². The lowest BCUT2D eigenvalue weighted by molar-refractivity contribution is -0.121. The van der Waals surface area contributed by atoms with E-state index in [1.54, 1.807) is 0 Å². The summed E-state index contributed by atoms with van der Waals surface area (Å²) in [6, 6.07) is 18.2. The number of hydrogen-bond donors (Lipinski definition) is 2. The monoisotopic (exact) mass is 426 g/mol. The van der Waals surface area contributed by atoms with E-state index < -0.39 is 0 Å². The molecule has 2 aliphatic rings. The summed E-state index contributed by atoms with van der Waals surface area (Å²) in [6.45, 7) is 0.776. The minimum Gasteiger partial charge on any atom is -0.396 e. The van der Waals surface area contributed by atoms with Crippen LogP contribution in [-0.4, -0.2) is 34.5 Å². The Morgan fingerprint density at radius 1 is 1.00 bits per heavy atom. The lowest BCUT2D eigenvalue weighted by atomic mass is 9.88. The summed E-state index contributed by atoms with van der Waals surface area (Å²) in [5.41, 5.74) is 5.13. The summed E-state index contributed by atoms with van der Waals surface area (Å²) >= 11 is 0. The normalized spacial score (nSPS) is 18.2. The van der Waals surface area contributed by atoms with Crippen molar-refractivity contribution in [2.75, 3.05) is 13.2 Å². The number of aliphatic hydroxyl groups excluding tert-OH is 1. The average molecular weight is 427 g/mol. The first-order valence-electron chi connectivity index (χ1n) is 11.2. The van der Waals surface area contributed by atoms with Crippen LogP contribution in [0, 0.1) is 5.92 Å². The van der Waals surface area contributed by atoms with Crippen LogP contribution in [0.4, 0.5) is 0 Å². The molecule has 0 saturated heterocycles. The van der Waals surface area contributed by atoms with Gasteiger partial charge in [0, 0.05) is 40.2 Å². The van der Waals surface area contributed by atoms with E-state index in [1.165, 1.54) is 5.56 Å². The third-order valence-corrected chi connectivity index (χ3v) is 6.45. The molecule has 2 N–H and O–H groups in total. The van der Waals surface area contributed by atoms with Gasteiger partial charge in [-0.05, 0) is 37.0 Å². The predicted octanol–water partition coefficient (Wildman–Crippen LogP) is 3.75. The topological polar surface area (TPSA) is 71.3 Å². The van der Waals surface area contributed by atoms with Gasteiger partial charge in [-0.15, -0.1) is 0 Å². The van der Waals surface area contributed by atoms with Gasteiger partial charge in [-0.25, -0.2) is 0 Å². The van der Waals surface area contributed by atoms with Gasteiger partial charge < -0.3 is 15.0 Å². The highest BCUT2D eigenvalue weighted by molar-refractivity contribution is 6.32. The molecule has 2 aliphatic heterocycles. The van der Waals surface area contributed by atoms with Crippen LogP contribution in [0.3, 0.4) is 0 Å². The van der Waals surface area contributed by atoms with Crippen molar-refractivity contribution in [3.8, 4) is 0 Å². The second-order valence-corrected chi connectivity index (χ2v) is 8.49. The number of hydrogen-bond acceptors (Lipinski definition) is 3. The average Bonchev–Trinajstić information content (AvgIpc) is 3.15. The van der Waals surface area contributed by atoms with Crippen molar-refractivity contribution in [1.29, 1.82) is 0 Å². The quantitative estimate of drug-likeness (QED) is 0.631. The maximum absolute atomic E-state index is 13.1. The molecule has 2 aromatic carbocycles. The van der Waals surface area contributed by atoms with Gasteiger partial charge in [0.2, 0.25) is 0 Å². The first-order chi connectivity index (χ1) is 15.7. The molecule has 0 saturated carbocycles. The van der Waals surface area contributed by atoms with E-state index in [1.807, 2.05) is 54.6 Å². The van der Waals surface area contributed by atoms with Crippen LogP contribution < -0.4 is 5.32 Å². The highest BCUT2D eigenvalue weighted by Crippen LogP contribution is 2.38. The number of aromatic nitrogens is 1. The Morgan fingerprint density at radius 2 is 1.78 bits per heavy atom. The first-order valence-corrected chi connectivity index (χ1v) is 11.2. The zero-order valence-electron chi connectivity index (χ0n) is 17.9. The van der Waals surface area contributed by atoms with E-state index >= 15 is 0 Å². The number of amides is 1. The van der Waals surface area contributed by atoms with E-state index in [4.69, 9.17) is 0 Å². The second kappa shape index (κ2) is 8.60. The van der Waals surface area contributed by atoms with Crippen LogP contribution in [0.25, 0.3) is 22.6 Å². The second-order valence-electron chi connectivity index (χ2n) is 8.49. The van der Waals surface area contributed by atoms with Gasteiger partial charge in [0.15, 0.2) is 5.78 Å². The first kappa shape index (κ1) is 20.5. The van der Waals surface area contributed by atoms with E-state index in [-0.39, 0.29) is 30.8 Å². The maximum atomic E-state index is 13.1. The Morgan fingerprint density at radius 3 is 2.59 bits per heavy atom. The highest BCUT2D eigenvalue weighted by Gasteiger charge is 2.32. The van der Waals surface area contributed by atoms with E-state index in [0.29, 0.717) is 24.1 Å². The van der Waals surface area contributed by atoms with E-state index in [0.717, 1.165) is 35.0 Å². The number of benzene rings is 2. The molecule has 0 unspecified atom stereocenters. The molecule has 0 fully saturated rings. The fraction of sp³-hybridized carbons (Fsp3) is 0.259. The molecule has 3 aromatic rings. The van der Waals surface area contributed by atoms with Gasteiger partial charge >= 0.3 is 0 Å². The predicted molar refractivity (Wildman–Crippen MR) is 126 cm³/mol. The number of nitrogens with one attached hydrogen (secondary N) is 1. The summed E-state index contributed by atoms with van der Waals surface area (Å²) in [5, 5.41) is 13.4. The summed E-state index contributed by atoms with van der Waals surface area (Å²) in [6.07, 6.45) is 6.21. The number of para-hydroxylation sites is 1.